The summed E-state index contributed by atoms with van der Waals surface area (Å²) in [6.45, 7) is 3.64. The summed E-state index contributed by atoms with van der Waals surface area (Å²) >= 11 is 6.83. The van der Waals surface area contributed by atoms with Gasteiger partial charge < -0.3 is 5.32 Å². The first-order chi connectivity index (χ1) is 6.13. The summed E-state index contributed by atoms with van der Waals surface area (Å²) in [5.41, 5.74) is 0. The highest BCUT2D eigenvalue weighted by atomic mass is 35.5. The van der Waals surface area contributed by atoms with Crippen LogP contribution < -0.4 is 5.32 Å². The van der Waals surface area contributed by atoms with Crippen molar-refractivity contribution in [3.05, 3.63) is 5.01 Å². The van der Waals surface area contributed by atoms with Crippen molar-refractivity contribution in [3.8, 4) is 0 Å². The molecule has 1 aromatic rings. The number of anilines is 1. The average molecular weight is 220 g/mol. The highest BCUT2D eigenvalue weighted by molar-refractivity contribution is 7.15. The molecule has 0 aliphatic rings. The van der Waals surface area contributed by atoms with Crippen LogP contribution in [-0.4, -0.2) is 16.1 Å². The zero-order valence-electron chi connectivity index (χ0n) is 7.37. The second kappa shape index (κ2) is 4.53. The number of nitrogens with zero attached hydrogens (tertiary/aromatic N) is 2. The molecule has 1 amide bonds. The maximum absolute atomic E-state index is 11.2. The molecule has 1 aromatic heterocycles. The number of rotatable bonds is 3. The molecule has 4 nitrogen and oxygen atoms in total. The van der Waals surface area contributed by atoms with E-state index in [1.165, 1.54) is 11.3 Å². The van der Waals surface area contributed by atoms with Crippen LogP contribution in [0, 0.1) is 5.92 Å². The molecule has 0 aliphatic heterocycles. The quantitative estimate of drug-likeness (QED) is 0.790. The Hall–Kier alpha value is -0.680. The highest BCUT2D eigenvalue weighted by Gasteiger charge is 2.10. The van der Waals surface area contributed by atoms with E-state index in [9.17, 15) is 4.79 Å². The summed E-state index contributed by atoms with van der Waals surface area (Å²) in [6.07, 6.45) is 0. The Morgan fingerprint density at radius 2 is 2.31 bits per heavy atom. The molecule has 0 bridgehead atoms. The van der Waals surface area contributed by atoms with Gasteiger partial charge in [0.05, 0.1) is 5.88 Å². The lowest BCUT2D eigenvalue weighted by atomic mass is 10.2. The van der Waals surface area contributed by atoms with Gasteiger partial charge in [-0.2, -0.15) is 0 Å². The molecule has 0 radical (unpaired) electrons. The standard InChI is InChI=1S/C7H10ClN3OS/c1-4(2)6(12)9-7-11-10-5(3-8)13-7/h4H,3H2,1-2H3,(H,9,11,12). The molecule has 13 heavy (non-hydrogen) atoms. The lowest BCUT2D eigenvalue weighted by Crippen LogP contribution is -2.17. The van der Waals surface area contributed by atoms with E-state index in [1.807, 2.05) is 13.8 Å². The van der Waals surface area contributed by atoms with Crippen LogP contribution in [0.15, 0.2) is 0 Å². The summed E-state index contributed by atoms with van der Waals surface area (Å²) in [5, 5.41) is 11.4. The van der Waals surface area contributed by atoms with Crippen LogP contribution in [0.1, 0.15) is 18.9 Å². The zero-order valence-corrected chi connectivity index (χ0v) is 8.95. The van der Waals surface area contributed by atoms with Gasteiger partial charge in [0.2, 0.25) is 11.0 Å². The SMILES string of the molecule is CC(C)C(=O)Nc1nnc(CCl)s1. The molecule has 0 unspecified atom stereocenters. The van der Waals surface area contributed by atoms with Crippen molar-refractivity contribution in [3.63, 3.8) is 0 Å². The number of alkyl halides is 1. The van der Waals surface area contributed by atoms with Crippen molar-refractivity contribution in [2.24, 2.45) is 5.92 Å². The van der Waals surface area contributed by atoms with E-state index in [4.69, 9.17) is 11.6 Å². The van der Waals surface area contributed by atoms with Gasteiger partial charge in [-0.05, 0) is 0 Å². The van der Waals surface area contributed by atoms with E-state index in [1.54, 1.807) is 0 Å². The van der Waals surface area contributed by atoms with Gasteiger partial charge in [-0.25, -0.2) is 0 Å². The Bertz CT molecular complexity index is 300. The predicted octanol–water partition coefficient (Wildman–Crippen LogP) is 1.87. The minimum absolute atomic E-state index is 0.0525. The minimum Gasteiger partial charge on any atom is -0.300 e. The predicted molar refractivity (Wildman–Crippen MR) is 52.9 cm³/mol. The van der Waals surface area contributed by atoms with E-state index < -0.39 is 0 Å². The van der Waals surface area contributed by atoms with Crippen molar-refractivity contribution < 1.29 is 4.79 Å². The van der Waals surface area contributed by atoms with Gasteiger partial charge >= 0.3 is 0 Å². The molecule has 0 spiro atoms. The van der Waals surface area contributed by atoms with Crippen molar-refractivity contribution in [2.75, 3.05) is 5.32 Å². The number of aromatic nitrogens is 2. The highest BCUT2D eigenvalue weighted by Crippen LogP contribution is 2.17. The fourth-order valence-corrected chi connectivity index (χ4v) is 1.42. The maximum Gasteiger partial charge on any atom is 0.228 e. The fourth-order valence-electron chi connectivity index (χ4n) is 0.608. The van der Waals surface area contributed by atoms with E-state index in [2.05, 4.69) is 15.5 Å². The first kappa shape index (κ1) is 10.4. The van der Waals surface area contributed by atoms with E-state index in [0.717, 1.165) is 0 Å². The molecule has 6 heteroatoms. The minimum atomic E-state index is -0.0581. The number of hydrogen-bond donors (Lipinski definition) is 1. The van der Waals surface area contributed by atoms with Crippen molar-refractivity contribution in [2.45, 2.75) is 19.7 Å². The second-order valence-electron chi connectivity index (χ2n) is 2.78. The van der Waals surface area contributed by atoms with Crippen LogP contribution in [-0.2, 0) is 10.7 Å². The number of amides is 1. The Kier molecular flexibility index (Phi) is 3.62. The number of carbonyl (C=O) groups is 1. The van der Waals surface area contributed by atoms with Crippen LogP contribution in [0.4, 0.5) is 5.13 Å². The summed E-state index contributed by atoms with van der Waals surface area (Å²) in [5.74, 6) is 0.218. The van der Waals surface area contributed by atoms with E-state index in [-0.39, 0.29) is 11.8 Å². The molecule has 72 valence electrons. The Morgan fingerprint density at radius 1 is 1.62 bits per heavy atom. The first-order valence-corrected chi connectivity index (χ1v) is 5.17. The number of nitrogens with one attached hydrogen (secondary N) is 1. The largest absolute Gasteiger partial charge is 0.300 e. The van der Waals surface area contributed by atoms with E-state index >= 15 is 0 Å². The molecule has 1 heterocycles. The molecular weight excluding hydrogens is 210 g/mol. The number of hydrogen-bond acceptors (Lipinski definition) is 4. The summed E-state index contributed by atoms with van der Waals surface area (Å²) in [4.78, 5) is 11.2. The zero-order chi connectivity index (χ0) is 9.84. The van der Waals surface area contributed by atoms with Crippen LogP contribution in [0.25, 0.3) is 0 Å². The summed E-state index contributed by atoms with van der Waals surface area (Å²) < 4.78 is 0. The Labute approximate surface area is 85.3 Å². The third kappa shape index (κ3) is 2.93. The molecule has 1 rings (SSSR count). The summed E-state index contributed by atoms with van der Waals surface area (Å²) in [7, 11) is 0. The van der Waals surface area contributed by atoms with Crippen molar-refractivity contribution in [1.82, 2.24) is 10.2 Å². The maximum atomic E-state index is 11.2. The van der Waals surface area contributed by atoms with Gasteiger partial charge in [0.1, 0.15) is 5.01 Å². The van der Waals surface area contributed by atoms with Crippen LogP contribution in [0.3, 0.4) is 0 Å². The third-order valence-electron chi connectivity index (χ3n) is 1.34. The van der Waals surface area contributed by atoms with Gasteiger partial charge in [0, 0.05) is 5.92 Å². The van der Waals surface area contributed by atoms with Gasteiger partial charge in [-0.3, -0.25) is 4.79 Å². The fraction of sp³-hybridized carbons (Fsp3) is 0.571. The first-order valence-electron chi connectivity index (χ1n) is 3.82. The number of carbonyl (C=O) groups excluding carboxylic acids is 1. The lowest BCUT2D eigenvalue weighted by molar-refractivity contribution is -0.118. The van der Waals surface area contributed by atoms with Crippen molar-refractivity contribution >= 4 is 34.0 Å². The van der Waals surface area contributed by atoms with Gasteiger partial charge in [-0.1, -0.05) is 25.2 Å². The molecule has 0 aliphatic carbocycles. The smallest absolute Gasteiger partial charge is 0.228 e. The molecule has 0 saturated carbocycles. The number of halogens is 1. The molecule has 1 N–H and O–H groups in total. The molecule has 0 saturated heterocycles. The topological polar surface area (TPSA) is 54.9 Å². The van der Waals surface area contributed by atoms with Crippen LogP contribution in [0.5, 0.6) is 0 Å². The Morgan fingerprint density at radius 3 is 2.77 bits per heavy atom. The third-order valence-corrected chi connectivity index (χ3v) is 2.59. The average Bonchev–Trinajstić information content (AvgIpc) is 2.52. The summed E-state index contributed by atoms with van der Waals surface area (Å²) in [6, 6.07) is 0. The van der Waals surface area contributed by atoms with Gasteiger partial charge in [0.15, 0.2) is 0 Å². The molecular formula is C7H10ClN3OS. The van der Waals surface area contributed by atoms with Gasteiger partial charge in [0.25, 0.3) is 0 Å². The molecule has 0 aromatic carbocycles. The van der Waals surface area contributed by atoms with Gasteiger partial charge in [-0.15, -0.1) is 21.8 Å². The molecule has 0 fully saturated rings. The van der Waals surface area contributed by atoms with Crippen LogP contribution >= 0.6 is 22.9 Å². The van der Waals surface area contributed by atoms with Crippen LogP contribution in [0.2, 0.25) is 0 Å². The lowest BCUT2D eigenvalue weighted by Gasteiger charge is -2.02. The monoisotopic (exact) mass is 219 g/mol. The second-order valence-corrected chi connectivity index (χ2v) is 4.11. The van der Waals surface area contributed by atoms with Crippen molar-refractivity contribution in [1.29, 1.82) is 0 Å². The molecule has 0 atom stereocenters. The van der Waals surface area contributed by atoms with E-state index in [0.29, 0.717) is 16.0 Å². The Balaban J connectivity index is 2.59. The normalized spacial score (nSPS) is 10.5.